The number of benzene rings is 1. The van der Waals surface area contributed by atoms with Crippen molar-refractivity contribution in [3.05, 3.63) is 41.5 Å². The molecule has 5 nitrogen and oxygen atoms in total. The van der Waals surface area contributed by atoms with E-state index >= 15 is 0 Å². The zero-order valence-electron chi connectivity index (χ0n) is 14.3. The number of rotatable bonds is 4. The molecule has 0 unspecified atom stereocenters. The summed E-state index contributed by atoms with van der Waals surface area (Å²) in [7, 11) is 0. The molecule has 3 rings (SSSR count). The molecule has 1 fully saturated rings. The molecule has 128 valence electrons. The van der Waals surface area contributed by atoms with E-state index in [4.69, 9.17) is 0 Å². The Kier molecular flexibility index (Phi) is 4.55. The highest BCUT2D eigenvalue weighted by Crippen LogP contribution is 2.31. The van der Waals surface area contributed by atoms with E-state index in [0.717, 1.165) is 43.0 Å². The molecule has 1 amide bonds. The van der Waals surface area contributed by atoms with Crippen LogP contribution < -0.4 is 10.2 Å². The van der Waals surface area contributed by atoms with Crippen molar-refractivity contribution in [2.24, 2.45) is 0 Å². The molecule has 1 aromatic heterocycles. The van der Waals surface area contributed by atoms with Gasteiger partial charge in [-0.05, 0) is 51.8 Å². The van der Waals surface area contributed by atoms with Crippen LogP contribution in [0.25, 0.3) is 0 Å². The van der Waals surface area contributed by atoms with Crippen LogP contribution in [-0.4, -0.2) is 28.8 Å². The Morgan fingerprint density at radius 3 is 2.62 bits per heavy atom. The lowest BCUT2D eigenvalue weighted by Crippen LogP contribution is -2.27. The molecule has 0 bridgehead atoms. The third kappa shape index (κ3) is 3.13. The Balaban J connectivity index is 1.85. The van der Waals surface area contributed by atoms with E-state index in [1.807, 2.05) is 26.0 Å². The SMILES string of the molecule is Cc1cc(C)n([C@@H](C)C(=O)Nc2c(F)cccc2N2CCCC2)n1. The summed E-state index contributed by atoms with van der Waals surface area (Å²) in [5, 5.41) is 7.12. The quantitative estimate of drug-likeness (QED) is 0.934. The molecule has 0 radical (unpaired) electrons. The molecular formula is C18H23FN4O. The first kappa shape index (κ1) is 16.5. The molecule has 1 atom stereocenters. The van der Waals surface area contributed by atoms with Crippen LogP contribution in [0, 0.1) is 19.7 Å². The van der Waals surface area contributed by atoms with Crippen LogP contribution in [0.5, 0.6) is 0 Å². The van der Waals surface area contributed by atoms with Gasteiger partial charge in [-0.15, -0.1) is 0 Å². The van der Waals surface area contributed by atoms with E-state index in [-0.39, 0.29) is 11.6 Å². The summed E-state index contributed by atoms with van der Waals surface area (Å²) in [5.41, 5.74) is 2.78. The summed E-state index contributed by atoms with van der Waals surface area (Å²) < 4.78 is 16.0. The maximum absolute atomic E-state index is 14.3. The van der Waals surface area contributed by atoms with E-state index < -0.39 is 11.9 Å². The first-order chi connectivity index (χ1) is 11.5. The Morgan fingerprint density at radius 1 is 1.29 bits per heavy atom. The monoisotopic (exact) mass is 330 g/mol. The second kappa shape index (κ2) is 6.63. The van der Waals surface area contributed by atoms with Crippen molar-refractivity contribution in [3.8, 4) is 0 Å². The molecule has 0 saturated carbocycles. The van der Waals surface area contributed by atoms with Gasteiger partial charge in [0, 0.05) is 18.8 Å². The number of carbonyl (C=O) groups is 1. The smallest absolute Gasteiger partial charge is 0.249 e. The molecular weight excluding hydrogens is 307 g/mol. The second-order valence-electron chi connectivity index (χ2n) is 6.37. The fourth-order valence-corrected chi connectivity index (χ4v) is 3.23. The summed E-state index contributed by atoms with van der Waals surface area (Å²) >= 11 is 0. The largest absolute Gasteiger partial charge is 0.370 e. The molecule has 1 aliphatic rings. The number of aromatic nitrogens is 2. The van der Waals surface area contributed by atoms with Gasteiger partial charge in [0.15, 0.2) is 0 Å². The minimum absolute atomic E-state index is 0.262. The highest BCUT2D eigenvalue weighted by molar-refractivity contribution is 5.96. The Morgan fingerprint density at radius 2 is 2.00 bits per heavy atom. The van der Waals surface area contributed by atoms with Gasteiger partial charge in [-0.2, -0.15) is 5.10 Å². The number of halogens is 1. The van der Waals surface area contributed by atoms with Gasteiger partial charge in [0.2, 0.25) is 5.91 Å². The summed E-state index contributed by atoms with van der Waals surface area (Å²) in [4.78, 5) is 14.8. The van der Waals surface area contributed by atoms with Gasteiger partial charge in [0.05, 0.1) is 11.4 Å². The maximum Gasteiger partial charge on any atom is 0.249 e. The molecule has 2 heterocycles. The molecule has 1 saturated heterocycles. The fraction of sp³-hybridized carbons (Fsp3) is 0.444. The molecule has 1 aromatic carbocycles. The third-order valence-corrected chi connectivity index (χ3v) is 4.48. The van der Waals surface area contributed by atoms with Crippen LogP contribution in [-0.2, 0) is 4.79 Å². The molecule has 0 aliphatic carbocycles. The highest BCUT2D eigenvalue weighted by atomic mass is 19.1. The number of aryl methyl sites for hydroxylation is 2. The van der Waals surface area contributed by atoms with Gasteiger partial charge in [-0.1, -0.05) is 6.07 Å². The fourth-order valence-electron chi connectivity index (χ4n) is 3.23. The predicted molar refractivity (Wildman–Crippen MR) is 92.9 cm³/mol. The van der Waals surface area contributed by atoms with E-state index in [1.165, 1.54) is 6.07 Å². The average molecular weight is 330 g/mol. The molecule has 1 N–H and O–H groups in total. The number of amides is 1. The second-order valence-corrected chi connectivity index (χ2v) is 6.37. The lowest BCUT2D eigenvalue weighted by atomic mass is 10.2. The van der Waals surface area contributed by atoms with Gasteiger partial charge < -0.3 is 10.2 Å². The van der Waals surface area contributed by atoms with E-state index in [2.05, 4.69) is 15.3 Å². The molecule has 0 spiro atoms. The van der Waals surface area contributed by atoms with Crippen molar-refractivity contribution >= 4 is 17.3 Å². The van der Waals surface area contributed by atoms with Crippen molar-refractivity contribution in [3.63, 3.8) is 0 Å². The van der Waals surface area contributed by atoms with E-state index in [0.29, 0.717) is 0 Å². The van der Waals surface area contributed by atoms with Crippen LogP contribution >= 0.6 is 0 Å². The van der Waals surface area contributed by atoms with E-state index in [1.54, 1.807) is 17.7 Å². The number of hydrogen-bond acceptors (Lipinski definition) is 3. The highest BCUT2D eigenvalue weighted by Gasteiger charge is 2.23. The van der Waals surface area contributed by atoms with Crippen molar-refractivity contribution in [2.75, 3.05) is 23.3 Å². The molecule has 6 heteroatoms. The minimum atomic E-state index is -0.510. The van der Waals surface area contributed by atoms with Gasteiger partial charge >= 0.3 is 0 Å². The topological polar surface area (TPSA) is 50.2 Å². The first-order valence-electron chi connectivity index (χ1n) is 8.34. The van der Waals surface area contributed by atoms with Crippen LogP contribution in [0.15, 0.2) is 24.3 Å². The zero-order valence-corrected chi connectivity index (χ0v) is 14.3. The van der Waals surface area contributed by atoms with Gasteiger partial charge in [-0.25, -0.2) is 4.39 Å². The van der Waals surface area contributed by atoms with Gasteiger partial charge in [0.25, 0.3) is 0 Å². The zero-order chi connectivity index (χ0) is 17.3. The normalized spacial score (nSPS) is 15.6. The lowest BCUT2D eigenvalue weighted by molar-refractivity contribution is -0.119. The first-order valence-corrected chi connectivity index (χ1v) is 8.34. The van der Waals surface area contributed by atoms with Gasteiger partial charge in [0.1, 0.15) is 17.5 Å². The van der Waals surface area contributed by atoms with Crippen molar-refractivity contribution in [1.82, 2.24) is 9.78 Å². The molecule has 2 aromatic rings. The van der Waals surface area contributed by atoms with Crippen LogP contribution in [0.3, 0.4) is 0 Å². The lowest BCUT2D eigenvalue weighted by Gasteiger charge is -2.23. The third-order valence-electron chi connectivity index (χ3n) is 4.48. The summed E-state index contributed by atoms with van der Waals surface area (Å²) in [6.07, 6.45) is 2.18. The maximum atomic E-state index is 14.3. The van der Waals surface area contributed by atoms with Crippen molar-refractivity contribution in [1.29, 1.82) is 0 Å². The van der Waals surface area contributed by atoms with Crippen LogP contribution in [0.2, 0.25) is 0 Å². The Labute approximate surface area is 141 Å². The summed E-state index contributed by atoms with van der Waals surface area (Å²) in [5.74, 6) is -0.680. The predicted octanol–water partition coefficient (Wildman–Crippen LogP) is 3.44. The number of nitrogens with zero attached hydrogens (tertiary/aromatic N) is 3. The van der Waals surface area contributed by atoms with Crippen LogP contribution in [0.1, 0.15) is 37.2 Å². The average Bonchev–Trinajstić information content (AvgIpc) is 3.18. The number of carbonyl (C=O) groups excluding carboxylic acids is 1. The Bertz CT molecular complexity index is 749. The standard InChI is InChI=1S/C18H23FN4O/c1-12-11-13(2)23(21-12)14(3)18(24)20-17-15(19)7-6-8-16(17)22-9-4-5-10-22/h6-8,11,14H,4-5,9-10H2,1-3H3,(H,20,24)/t14-/m0/s1. The van der Waals surface area contributed by atoms with E-state index in [9.17, 15) is 9.18 Å². The molecule has 1 aliphatic heterocycles. The molecule has 24 heavy (non-hydrogen) atoms. The van der Waals surface area contributed by atoms with Gasteiger partial charge in [-0.3, -0.25) is 9.48 Å². The van der Waals surface area contributed by atoms with Crippen molar-refractivity contribution in [2.45, 2.75) is 39.7 Å². The Hall–Kier alpha value is -2.37. The van der Waals surface area contributed by atoms with Crippen LogP contribution in [0.4, 0.5) is 15.8 Å². The number of nitrogens with one attached hydrogen (secondary N) is 1. The van der Waals surface area contributed by atoms with Crippen molar-refractivity contribution < 1.29 is 9.18 Å². The summed E-state index contributed by atoms with van der Waals surface area (Å²) in [6, 6.07) is 6.33. The number of anilines is 2. The number of para-hydroxylation sites is 1. The summed E-state index contributed by atoms with van der Waals surface area (Å²) in [6.45, 7) is 7.34. The number of hydrogen-bond donors (Lipinski definition) is 1. The minimum Gasteiger partial charge on any atom is -0.370 e.